The van der Waals surface area contributed by atoms with Crippen LogP contribution in [0.2, 0.25) is 0 Å². The minimum absolute atomic E-state index is 0.368. The number of aromatic nitrogens is 3. The van der Waals surface area contributed by atoms with Gasteiger partial charge < -0.3 is 24.4 Å². The van der Waals surface area contributed by atoms with Gasteiger partial charge >= 0.3 is 5.97 Å². The fourth-order valence-corrected chi connectivity index (χ4v) is 3.82. The number of hydrazone groups is 1. The zero-order valence-corrected chi connectivity index (χ0v) is 18.7. The molecule has 2 aliphatic heterocycles. The van der Waals surface area contributed by atoms with Crippen LogP contribution < -0.4 is 24.7 Å². The molecule has 0 amide bonds. The average Bonchev–Trinajstić information content (AvgIpc) is 3.53. The van der Waals surface area contributed by atoms with Crippen LogP contribution in [-0.2, 0) is 4.79 Å². The highest BCUT2D eigenvalue weighted by Gasteiger charge is 2.21. The van der Waals surface area contributed by atoms with Crippen molar-refractivity contribution in [3.05, 3.63) is 23.8 Å². The number of nitrogens with zero attached hydrogens (tertiary/aromatic N) is 6. The van der Waals surface area contributed by atoms with E-state index in [0.717, 1.165) is 57.4 Å². The first-order chi connectivity index (χ1) is 16.1. The number of hydrogen-bond donors (Lipinski definition) is 2. The predicted molar refractivity (Wildman–Crippen MR) is 125 cm³/mol. The van der Waals surface area contributed by atoms with Gasteiger partial charge in [0, 0.05) is 26.2 Å². The second kappa shape index (κ2) is 10.8. The molecule has 3 heterocycles. The van der Waals surface area contributed by atoms with Gasteiger partial charge in [-0.1, -0.05) is 0 Å². The number of rotatable bonds is 10. The van der Waals surface area contributed by atoms with Crippen molar-refractivity contribution in [3.63, 3.8) is 0 Å². The third-order valence-electron chi connectivity index (χ3n) is 5.39. The maximum atomic E-state index is 10.8. The summed E-state index contributed by atoms with van der Waals surface area (Å²) >= 11 is 0. The highest BCUT2D eigenvalue weighted by atomic mass is 16.5. The standard InChI is InChI=1S/C22H29N7O4/c1-2-32-18-13-16(7-8-17(18)33-15-19(30)31)14-23-27-20-24-21(28-9-3-4-10-28)26-22(25-20)29-11-5-6-12-29/h7-8,13-14H,2-6,9-12,15H2,1H3,(H,30,31)(H,24,25,26,27). The summed E-state index contributed by atoms with van der Waals surface area (Å²) in [5, 5.41) is 13.1. The smallest absolute Gasteiger partial charge is 0.341 e. The number of benzene rings is 1. The lowest BCUT2D eigenvalue weighted by Crippen LogP contribution is -2.25. The van der Waals surface area contributed by atoms with E-state index in [0.29, 0.717) is 36.0 Å². The first-order valence-corrected chi connectivity index (χ1v) is 11.3. The lowest BCUT2D eigenvalue weighted by Gasteiger charge is -2.20. The molecule has 1 aromatic carbocycles. The topological polar surface area (TPSA) is 125 Å². The van der Waals surface area contributed by atoms with E-state index in [9.17, 15) is 4.79 Å². The van der Waals surface area contributed by atoms with Crippen molar-refractivity contribution in [1.29, 1.82) is 0 Å². The van der Waals surface area contributed by atoms with E-state index < -0.39 is 12.6 Å². The van der Waals surface area contributed by atoms with Gasteiger partial charge in [-0.3, -0.25) is 0 Å². The molecule has 0 bridgehead atoms. The van der Waals surface area contributed by atoms with E-state index in [1.165, 1.54) is 0 Å². The number of anilines is 3. The minimum atomic E-state index is -1.05. The Labute approximate surface area is 192 Å². The molecule has 1 aromatic heterocycles. The van der Waals surface area contributed by atoms with Gasteiger partial charge in [-0.05, 0) is 56.4 Å². The molecule has 0 unspecified atom stereocenters. The van der Waals surface area contributed by atoms with Crippen LogP contribution >= 0.6 is 0 Å². The number of aliphatic carboxylic acids is 1. The Balaban J connectivity index is 1.49. The zero-order valence-electron chi connectivity index (χ0n) is 18.7. The highest BCUT2D eigenvalue weighted by molar-refractivity contribution is 5.81. The Morgan fingerprint density at radius 1 is 1.03 bits per heavy atom. The van der Waals surface area contributed by atoms with Crippen LogP contribution in [0.1, 0.15) is 38.2 Å². The lowest BCUT2D eigenvalue weighted by molar-refractivity contribution is -0.139. The number of hydrogen-bond acceptors (Lipinski definition) is 10. The average molecular weight is 456 g/mol. The fraction of sp³-hybridized carbons (Fsp3) is 0.500. The van der Waals surface area contributed by atoms with Crippen molar-refractivity contribution in [2.75, 3.05) is 54.6 Å². The number of ether oxygens (including phenoxy) is 2. The number of nitrogens with one attached hydrogen (secondary N) is 1. The van der Waals surface area contributed by atoms with E-state index in [1.807, 2.05) is 6.92 Å². The van der Waals surface area contributed by atoms with Crippen LogP contribution in [0.4, 0.5) is 17.8 Å². The molecule has 11 nitrogen and oxygen atoms in total. The van der Waals surface area contributed by atoms with Crippen LogP contribution in [0.25, 0.3) is 0 Å². The molecule has 33 heavy (non-hydrogen) atoms. The molecule has 176 valence electrons. The Kier molecular flexibility index (Phi) is 7.38. The molecule has 0 radical (unpaired) electrons. The quantitative estimate of drug-likeness (QED) is 0.407. The van der Waals surface area contributed by atoms with Crippen molar-refractivity contribution in [3.8, 4) is 11.5 Å². The van der Waals surface area contributed by atoms with Crippen LogP contribution in [0, 0.1) is 0 Å². The number of carbonyl (C=O) groups is 1. The highest BCUT2D eigenvalue weighted by Crippen LogP contribution is 2.28. The zero-order chi connectivity index (χ0) is 23.0. The summed E-state index contributed by atoms with van der Waals surface area (Å²) in [5.74, 6) is 1.53. The molecular formula is C22H29N7O4. The molecule has 0 saturated carbocycles. The summed E-state index contributed by atoms with van der Waals surface area (Å²) in [7, 11) is 0. The maximum absolute atomic E-state index is 10.8. The fourth-order valence-electron chi connectivity index (χ4n) is 3.82. The largest absolute Gasteiger partial charge is 0.490 e. The van der Waals surface area contributed by atoms with Crippen LogP contribution in [0.15, 0.2) is 23.3 Å². The minimum Gasteiger partial charge on any atom is -0.490 e. The molecule has 2 aliphatic rings. The van der Waals surface area contributed by atoms with E-state index >= 15 is 0 Å². The molecule has 2 N–H and O–H groups in total. The summed E-state index contributed by atoms with van der Waals surface area (Å²) in [5.41, 5.74) is 3.68. The Hall–Kier alpha value is -3.63. The number of carboxylic acids is 1. The summed E-state index contributed by atoms with van der Waals surface area (Å²) in [6.07, 6.45) is 6.18. The molecule has 0 aliphatic carbocycles. The van der Waals surface area contributed by atoms with E-state index in [4.69, 9.17) is 19.6 Å². The van der Waals surface area contributed by atoms with Gasteiger partial charge in [-0.2, -0.15) is 20.1 Å². The summed E-state index contributed by atoms with van der Waals surface area (Å²) in [6.45, 7) is 5.62. The summed E-state index contributed by atoms with van der Waals surface area (Å²) in [4.78, 5) is 29.0. The Morgan fingerprint density at radius 3 is 2.24 bits per heavy atom. The molecular weight excluding hydrogens is 426 g/mol. The Morgan fingerprint density at radius 2 is 1.67 bits per heavy atom. The second-order valence-electron chi connectivity index (χ2n) is 7.84. The Bertz CT molecular complexity index is 954. The van der Waals surface area contributed by atoms with Crippen molar-refractivity contribution < 1.29 is 19.4 Å². The maximum Gasteiger partial charge on any atom is 0.341 e. The van der Waals surface area contributed by atoms with Gasteiger partial charge in [0.15, 0.2) is 18.1 Å². The van der Waals surface area contributed by atoms with Gasteiger partial charge in [-0.25, -0.2) is 10.2 Å². The number of carboxylic acid groups (broad SMARTS) is 1. The predicted octanol–water partition coefficient (Wildman–Crippen LogP) is 2.38. The molecule has 4 rings (SSSR count). The van der Waals surface area contributed by atoms with E-state index in [2.05, 4.69) is 30.3 Å². The first kappa shape index (κ1) is 22.6. The molecule has 0 atom stereocenters. The summed E-state index contributed by atoms with van der Waals surface area (Å²) < 4.78 is 10.9. The monoisotopic (exact) mass is 455 g/mol. The molecule has 2 aromatic rings. The van der Waals surface area contributed by atoms with Crippen LogP contribution in [0.3, 0.4) is 0 Å². The van der Waals surface area contributed by atoms with Gasteiger partial charge in [0.2, 0.25) is 17.8 Å². The van der Waals surface area contributed by atoms with Gasteiger partial charge in [0.1, 0.15) is 0 Å². The first-order valence-electron chi connectivity index (χ1n) is 11.3. The van der Waals surface area contributed by atoms with Crippen LogP contribution in [-0.4, -0.2) is 71.6 Å². The van der Waals surface area contributed by atoms with Gasteiger partial charge in [-0.15, -0.1) is 0 Å². The van der Waals surface area contributed by atoms with Crippen molar-refractivity contribution >= 4 is 30.0 Å². The molecule has 11 heteroatoms. The lowest BCUT2D eigenvalue weighted by atomic mass is 10.2. The normalized spacial score (nSPS) is 15.9. The van der Waals surface area contributed by atoms with Crippen molar-refractivity contribution in [2.24, 2.45) is 5.10 Å². The molecule has 2 fully saturated rings. The molecule has 0 spiro atoms. The van der Waals surface area contributed by atoms with E-state index in [-0.39, 0.29) is 0 Å². The SMILES string of the molecule is CCOc1cc(C=NNc2nc(N3CCCC3)nc(N3CCCC3)n2)ccc1OCC(=O)O. The van der Waals surface area contributed by atoms with Crippen LogP contribution in [0.5, 0.6) is 11.5 Å². The van der Waals surface area contributed by atoms with Gasteiger partial charge in [0.25, 0.3) is 0 Å². The third-order valence-corrected chi connectivity index (χ3v) is 5.39. The van der Waals surface area contributed by atoms with Crippen molar-refractivity contribution in [1.82, 2.24) is 15.0 Å². The van der Waals surface area contributed by atoms with Crippen molar-refractivity contribution in [2.45, 2.75) is 32.6 Å². The molecule has 2 saturated heterocycles. The van der Waals surface area contributed by atoms with Gasteiger partial charge in [0.05, 0.1) is 12.8 Å². The third kappa shape index (κ3) is 5.99. The second-order valence-corrected chi connectivity index (χ2v) is 7.84. The summed E-state index contributed by atoms with van der Waals surface area (Å²) in [6, 6.07) is 5.17. The van der Waals surface area contributed by atoms with E-state index in [1.54, 1.807) is 24.4 Å².